The minimum absolute atomic E-state index is 0.0578. The maximum atomic E-state index is 13.8. The monoisotopic (exact) mass is 443 g/mol. The molecule has 1 unspecified atom stereocenters. The van der Waals surface area contributed by atoms with E-state index in [1.54, 1.807) is 13.3 Å². The summed E-state index contributed by atoms with van der Waals surface area (Å²) in [7, 11) is 1.70. The number of hydrogen-bond acceptors (Lipinski definition) is 5. The molecule has 3 heterocycles. The second kappa shape index (κ2) is 10.0. The molecule has 1 fully saturated rings. The normalized spacial score (nSPS) is 21.0. The number of carbonyl (C=O) groups excluding carboxylic acids is 2. The highest BCUT2D eigenvalue weighted by Gasteiger charge is 2.43. The lowest BCUT2D eigenvalue weighted by atomic mass is 9.85. The third-order valence-corrected chi connectivity index (χ3v) is 6.34. The average Bonchev–Trinajstić information content (AvgIpc) is 3.35. The van der Waals surface area contributed by atoms with Crippen LogP contribution in [0.4, 0.5) is 0 Å². The van der Waals surface area contributed by atoms with E-state index in [2.05, 4.69) is 20.6 Å². The quantitative estimate of drug-likeness (QED) is 0.581. The number of methoxy groups -OCH3 is 1. The van der Waals surface area contributed by atoms with Crippen LogP contribution in [0.25, 0.3) is 11.0 Å². The van der Waals surface area contributed by atoms with E-state index in [0.29, 0.717) is 19.5 Å². The fourth-order valence-corrected chi connectivity index (χ4v) is 4.50. The van der Waals surface area contributed by atoms with Crippen molar-refractivity contribution in [1.82, 2.24) is 25.5 Å². The Kier molecular flexibility index (Phi) is 7.56. The summed E-state index contributed by atoms with van der Waals surface area (Å²) in [5, 5.41) is 7.18. The van der Waals surface area contributed by atoms with Crippen molar-refractivity contribution in [3.63, 3.8) is 0 Å². The number of likely N-dealkylation sites (tertiary alicyclic amines) is 1. The molecule has 4 atom stereocenters. The SMILES string of the molecule is CCN[C@@H](C)C(=O)N[C@H](C(=O)N1CCC(OC)[C@@H]1Cc1c[nH]c2ncccc12)C(C)(C)C. The van der Waals surface area contributed by atoms with Gasteiger partial charge < -0.3 is 25.3 Å². The highest BCUT2D eigenvalue weighted by atomic mass is 16.5. The summed E-state index contributed by atoms with van der Waals surface area (Å²) >= 11 is 0. The van der Waals surface area contributed by atoms with Gasteiger partial charge in [-0.25, -0.2) is 4.98 Å². The van der Waals surface area contributed by atoms with E-state index in [-0.39, 0.29) is 30.0 Å². The highest BCUT2D eigenvalue weighted by Crippen LogP contribution is 2.30. The molecule has 2 aromatic rings. The predicted octanol–water partition coefficient (Wildman–Crippen LogP) is 2.25. The Morgan fingerprint density at radius 1 is 1.38 bits per heavy atom. The number of carbonyl (C=O) groups is 2. The molecular formula is C24H37N5O3. The van der Waals surface area contributed by atoms with Crippen LogP contribution >= 0.6 is 0 Å². The first-order valence-corrected chi connectivity index (χ1v) is 11.4. The number of nitrogens with zero attached hydrogens (tertiary/aromatic N) is 2. The van der Waals surface area contributed by atoms with Gasteiger partial charge in [0.1, 0.15) is 11.7 Å². The van der Waals surface area contributed by atoms with Gasteiger partial charge in [0.15, 0.2) is 0 Å². The Bertz CT molecular complexity index is 935. The van der Waals surface area contributed by atoms with Crippen LogP contribution in [0.5, 0.6) is 0 Å². The summed E-state index contributed by atoms with van der Waals surface area (Å²) in [6.45, 7) is 11.0. The Morgan fingerprint density at radius 3 is 2.78 bits per heavy atom. The molecule has 1 aliphatic heterocycles. The number of aromatic nitrogens is 2. The van der Waals surface area contributed by atoms with Crippen LogP contribution < -0.4 is 10.6 Å². The Labute approximate surface area is 190 Å². The second-order valence-electron chi connectivity index (χ2n) is 9.67. The largest absolute Gasteiger partial charge is 0.379 e. The van der Waals surface area contributed by atoms with Crippen molar-refractivity contribution < 1.29 is 14.3 Å². The van der Waals surface area contributed by atoms with Crippen molar-refractivity contribution in [3.05, 3.63) is 30.1 Å². The van der Waals surface area contributed by atoms with Crippen LogP contribution in [-0.2, 0) is 20.7 Å². The first kappa shape index (κ1) is 24.2. The van der Waals surface area contributed by atoms with Gasteiger partial charge in [-0.2, -0.15) is 0 Å². The topological polar surface area (TPSA) is 99.4 Å². The summed E-state index contributed by atoms with van der Waals surface area (Å²) < 4.78 is 5.76. The molecule has 0 saturated carbocycles. The zero-order valence-corrected chi connectivity index (χ0v) is 20.1. The molecule has 0 spiro atoms. The van der Waals surface area contributed by atoms with E-state index in [0.717, 1.165) is 23.0 Å². The molecule has 1 aliphatic rings. The third kappa shape index (κ3) is 5.13. The van der Waals surface area contributed by atoms with Gasteiger partial charge in [0.2, 0.25) is 11.8 Å². The van der Waals surface area contributed by atoms with E-state index in [9.17, 15) is 9.59 Å². The van der Waals surface area contributed by atoms with Crippen LogP contribution in [0.3, 0.4) is 0 Å². The first-order valence-electron chi connectivity index (χ1n) is 11.4. The lowest BCUT2D eigenvalue weighted by Gasteiger charge is -2.37. The van der Waals surface area contributed by atoms with Crippen LogP contribution in [-0.4, -0.2) is 71.1 Å². The minimum Gasteiger partial charge on any atom is -0.379 e. The molecule has 3 rings (SSSR count). The molecule has 0 aliphatic carbocycles. The number of nitrogens with one attached hydrogen (secondary N) is 3. The lowest BCUT2D eigenvalue weighted by Crippen LogP contribution is -2.59. The van der Waals surface area contributed by atoms with Crippen molar-refractivity contribution in [2.75, 3.05) is 20.2 Å². The predicted molar refractivity (Wildman–Crippen MR) is 125 cm³/mol. The zero-order valence-electron chi connectivity index (χ0n) is 20.1. The smallest absolute Gasteiger partial charge is 0.246 e. The average molecular weight is 444 g/mol. The van der Waals surface area contributed by atoms with Gasteiger partial charge in [0.05, 0.1) is 18.2 Å². The molecule has 176 valence electrons. The Hall–Kier alpha value is -2.45. The first-order chi connectivity index (χ1) is 15.2. The van der Waals surface area contributed by atoms with E-state index >= 15 is 0 Å². The summed E-state index contributed by atoms with van der Waals surface area (Å²) in [6.07, 6.45) is 5.10. The third-order valence-electron chi connectivity index (χ3n) is 6.34. The van der Waals surface area contributed by atoms with Gasteiger partial charge in [0, 0.05) is 31.4 Å². The summed E-state index contributed by atoms with van der Waals surface area (Å²) in [6, 6.07) is 2.86. The maximum Gasteiger partial charge on any atom is 0.246 e. The number of likely N-dealkylation sites (N-methyl/N-ethyl adjacent to an activating group) is 1. The molecule has 0 bridgehead atoms. The second-order valence-corrected chi connectivity index (χ2v) is 9.67. The van der Waals surface area contributed by atoms with Crippen LogP contribution in [0.1, 0.15) is 46.6 Å². The standard InChI is InChI=1S/C24H37N5O3/c1-7-25-15(2)22(30)28-20(24(3,4)5)23(31)29-12-10-19(32-6)18(29)13-16-14-27-21-17(16)9-8-11-26-21/h8-9,11,14-15,18-20,25H,7,10,12-13H2,1-6H3,(H,26,27)(H,28,30)/t15-,18-,19?,20+/m0/s1. The number of rotatable bonds is 8. The molecule has 2 aromatic heterocycles. The van der Waals surface area contributed by atoms with Crippen molar-refractivity contribution in [2.45, 2.75) is 71.7 Å². The van der Waals surface area contributed by atoms with E-state index in [1.807, 2.05) is 57.8 Å². The minimum atomic E-state index is -0.626. The van der Waals surface area contributed by atoms with Gasteiger partial charge in [-0.3, -0.25) is 9.59 Å². The van der Waals surface area contributed by atoms with Crippen molar-refractivity contribution >= 4 is 22.8 Å². The van der Waals surface area contributed by atoms with Gasteiger partial charge >= 0.3 is 0 Å². The Balaban J connectivity index is 1.84. The summed E-state index contributed by atoms with van der Waals surface area (Å²) in [5.74, 6) is -0.223. The zero-order chi connectivity index (χ0) is 23.5. The number of aromatic amines is 1. The van der Waals surface area contributed by atoms with Crippen LogP contribution in [0, 0.1) is 5.41 Å². The maximum absolute atomic E-state index is 13.8. The van der Waals surface area contributed by atoms with Gasteiger partial charge in [-0.1, -0.05) is 27.7 Å². The molecule has 8 nitrogen and oxygen atoms in total. The molecule has 1 saturated heterocycles. The van der Waals surface area contributed by atoms with Gasteiger partial charge in [0.25, 0.3) is 0 Å². The number of pyridine rings is 1. The molecule has 8 heteroatoms. The molecule has 3 N–H and O–H groups in total. The van der Waals surface area contributed by atoms with Crippen LogP contribution in [0.2, 0.25) is 0 Å². The number of H-pyrrole nitrogens is 1. The molecule has 0 aromatic carbocycles. The molecular weight excluding hydrogens is 406 g/mol. The summed E-state index contributed by atoms with van der Waals surface area (Å²) in [5.41, 5.74) is 1.51. The number of fused-ring (bicyclic) bond motifs is 1. The van der Waals surface area contributed by atoms with Gasteiger partial charge in [-0.05, 0) is 49.4 Å². The summed E-state index contributed by atoms with van der Waals surface area (Å²) in [4.78, 5) is 36.0. The Morgan fingerprint density at radius 2 is 2.12 bits per heavy atom. The fraction of sp³-hybridized carbons (Fsp3) is 0.625. The van der Waals surface area contributed by atoms with E-state index < -0.39 is 11.5 Å². The van der Waals surface area contributed by atoms with Crippen molar-refractivity contribution in [2.24, 2.45) is 5.41 Å². The molecule has 2 amide bonds. The van der Waals surface area contributed by atoms with Crippen LogP contribution in [0.15, 0.2) is 24.5 Å². The highest BCUT2D eigenvalue weighted by molar-refractivity contribution is 5.90. The fourth-order valence-electron chi connectivity index (χ4n) is 4.50. The van der Waals surface area contributed by atoms with Gasteiger partial charge in [-0.15, -0.1) is 0 Å². The number of ether oxygens (including phenoxy) is 1. The van der Waals surface area contributed by atoms with Crippen molar-refractivity contribution in [3.8, 4) is 0 Å². The van der Waals surface area contributed by atoms with E-state index in [4.69, 9.17) is 4.74 Å². The van der Waals surface area contributed by atoms with Crippen molar-refractivity contribution in [1.29, 1.82) is 0 Å². The van der Waals surface area contributed by atoms with E-state index in [1.165, 1.54) is 0 Å². The molecule has 0 radical (unpaired) electrons. The molecule has 32 heavy (non-hydrogen) atoms. The number of hydrogen-bond donors (Lipinski definition) is 3. The number of amides is 2. The lowest BCUT2D eigenvalue weighted by molar-refractivity contribution is -0.141.